The molecule has 0 radical (unpaired) electrons. The lowest BCUT2D eigenvalue weighted by molar-refractivity contribution is -0.123. The maximum absolute atomic E-state index is 13.0. The van der Waals surface area contributed by atoms with Crippen LogP contribution in [0.3, 0.4) is 0 Å². The molecule has 2 atom stereocenters. The number of carbonyl (C=O) groups excluding carboxylic acids is 2. The van der Waals surface area contributed by atoms with Gasteiger partial charge in [-0.15, -0.1) is 0 Å². The molecule has 0 aliphatic rings. The molecule has 2 amide bonds. The fraction of sp³-hybridized carbons (Fsp3) is 0.160. The molecule has 3 aromatic rings. The molecule has 0 aromatic heterocycles. The lowest BCUT2D eigenvalue weighted by Gasteiger charge is -2.22. The van der Waals surface area contributed by atoms with Crippen molar-refractivity contribution in [1.82, 2.24) is 10.6 Å². The highest BCUT2D eigenvalue weighted by molar-refractivity contribution is 5.97. The van der Waals surface area contributed by atoms with Crippen molar-refractivity contribution < 1.29 is 9.59 Å². The molecule has 150 valence electrons. The molecular weight excluding hydrogens is 374 g/mol. The van der Waals surface area contributed by atoms with Crippen molar-refractivity contribution in [3.8, 4) is 6.07 Å². The molecule has 2 N–H and O–H groups in total. The van der Waals surface area contributed by atoms with Gasteiger partial charge in [-0.05, 0) is 48.7 Å². The van der Waals surface area contributed by atoms with Crippen LogP contribution < -0.4 is 10.6 Å². The Kier molecular flexibility index (Phi) is 6.96. The topological polar surface area (TPSA) is 82.0 Å². The van der Waals surface area contributed by atoms with E-state index in [-0.39, 0.29) is 17.9 Å². The van der Waals surface area contributed by atoms with Gasteiger partial charge in [0.25, 0.3) is 5.91 Å². The van der Waals surface area contributed by atoms with E-state index in [4.69, 9.17) is 5.26 Å². The van der Waals surface area contributed by atoms with Gasteiger partial charge in [0.05, 0.1) is 11.6 Å². The highest BCUT2D eigenvalue weighted by atomic mass is 16.2. The Morgan fingerprint density at radius 2 is 1.47 bits per heavy atom. The van der Waals surface area contributed by atoms with Crippen molar-refractivity contribution in [2.75, 3.05) is 0 Å². The fourth-order valence-corrected chi connectivity index (χ4v) is 3.20. The Labute approximate surface area is 176 Å². The summed E-state index contributed by atoms with van der Waals surface area (Å²) in [6.07, 6.45) is 0.617. The molecule has 0 aliphatic carbocycles. The van der Waals surface area contributed by atoms with Crippen LogP contribution in [0.2, 0.25) is 0 Å². The van der Waals surface area contributed by atoms with E-state index in [0.717, 1.165) is 5.56 Å². The minimum absolute atomic E-state index is 0.148. The van der Waals surface area contributed by atoms with Gasteiger partial charge in [0, 0.05) is 11.6 Å². The molecule has 0 aliphatic heterocycles. The number of benzene rings is 3. The second kappa shape index (κ2) is 10.0. The van der Waals surface area contributed by atoms with E-state index in [1.54, 1.807) is 36.4 Å². The van der Waals surface area contributed by atoms with Crippen LogP contribution in [0.5, 0.6) is 0 Å². The first kappa shape index (κ1) is 20.8. The van der Waals surface area contributed by atoms with Crippen molar-refractivity contribution in [1.29, 1.82) is 5.26 Å². The lowest BCUT2D eigenvalue weighted by atomic mass is 10.0. The van der Waals surface area contributed by atoms with E-state index in [9.17, 15) is 9.59 Å². The zero-order valence-electron chi connectivity index (χ0n) is 16.7. The van der Waals surface area contributed by atoms with Crippen LogP contribution in [0.4, 0.5) is 0 Å². The summed E-state index contributed by atoms with van der Waals surface area (Å²) in [6, 6.07) is 26.4. The van der Waals surface area contributed by atoms with Crippen LogP contribution >= 0.6 is 0 Å². The fourth-order valence-electron chi connectivity index (χ4n) is 3.20. The largest absolute Gasteiger partial charge is 0.351 e. The summed E-state index contributed by atoms with van der Waals surface area (Å²) in [6.45, 7) is 1.91. The number of nitriles is 1. The maximum atomic E-state index is 13.0. The van der Waals surface area contributed by atoms with Crippen LogP contribution in [0.15, 0.2) is 84.9 Å². The molecule has 30 heavy (non-hydrogen) atoms. The first-order valence-corrected chi connectivity index (χ1v) is 9.77. The third-order valence-corrected chi connectivity index (χ3v) is 4.72. The summed E-state index contributed by atoms with van der Waals surface area (Å²) in [5.74, 6) is -0.578. The lowest BCUT2D eigenvalue weighted by Crippen LogP contribution is -2.44. The van der Waals surface area contributed by atoms with Crippen LogP contribution in [-0.2, 0) is 11.2 Å². The summed E-state index contributed by atoms with van der Waals surface area (Å²) >= 11 is 0. The second-order valence-corrected chi connectivity index (χ2v) is 7.11. The zero-order chi connectivity index (χ0) is 21.3. The second-order valence-electron chi connectivity index (χ2n) is 7.11. The van der Waals surface area contributed by atoms with Crippen LogP contribution in [0, 0.1) is 11.3 Å². The smallest absolute Gasteiger partial charge is 0.252 e. The predicted octanol–water partition coefficient (Wildman–Crippen LogP) is 3.78. The third-order valence-electron chi connectivity index (χ3n) is 4.72. The number of hydrogen-bond donors (Lipinski definition) is 2. The van der Waals surface area contributed by atoms with Crippen LogP contribution in [0.25, 0.3) is 0 Å². The molecule has 0 saturated heterocycles. The van der Waals surface area contributed by atoms with Crippen molar-refractivity contribution in [3.05, 3.63) is 107 Å². The summed E-state index contributed by atoms with van der Waals surface area (Å²) in [5.41, 5.74) is 2.83. The van der Waals surface area contributed by atoms with E-state index in [0.29, 0.717) is 23.1 Å². The molecule has 0 bridgehead atoms. The van der Waals surface area contributed by atoms with Gasteiger partial charge in [-0.25, -0.2) is 0 Å². The molecule has 3 rings (SSSR count). The van der Waals surface area contributed by atoms with Crippen molar-refractivity contribution in [2.24, 2.45) is 0 Å². The molecule has 0 heterocycles. The minimum atomic E-state index is -0.803. The Morgan fingerprint density at radius 1 is 0.867 bits per heavy atom. The molecule has 0 saturated carbocycles. The van der Waals surface area contributed by atoms with E-state index in [1.165, 1.54) is 0 Å². The van der Waals surface area contributed by atoms with Gasteiger partial charge >= 0.3 is 0 Å². The highest BCUT2D eigenvalue weighted by Crippen LogP contribution is 2.15. The van der Waals surface area contributed by atoms with Crippen molar-refractivity contribution in [2.45, 2.75) is 25.4 Å². The Hall–Kier alpha value is -3.91. The highest BCUT2D eigenvalue weighted by Gasteiger charge is 2.24. The molecular formula is C25H23N3O2. The van der Waals surface area contributed by atoms with Gasteiger partial charge in [0.1, 0.15) is 6.04 Å². The number of rotatable bonds is 7. The number of nitrogens with one attached hydrogen (secondary N) is 2. The first-order chi connectivity index (χ1) is 14.6. The monoisotopic (exact) mass is 397 g/mol. The van der Waals surface area contributed by atoms with Crippen LogP contribution in [0.1, 0.15) is 40.0 Å². The van der Waals surface area contributed by atoms with Gasteiger partial charge in [-0.2, -0.15) is 5.26 Å². The number of nitrogens with zero attached hydrogens (tertiary/aromatic N) is 1. The quantitative estimate of drug-likeness (QED) is 0.637. The summed E-state index contributed by atoms with van der Waals surface area (Å²) < 4.78 is 0. The van der Waals surface area contributed by atoms with Gasteiger partial charge < -0.3 is 10.6 Å². The molecule has 2 unspecified atom stereocenters. The molecule has 0 fully saturated rings. The summed E-state index contributed by atoms with van der Waals surface area (Å²) in [7, 11) is 0. The minimum Gasteiger partial charge on any atom is -0.351 e. The number of hydrogen-bond acceptors (Lipinski definition) is 3. The Balaban J connectivity index is 1.71. The van der Waals surface area contributed by atoms with Gasteiger partial charge in [0.2, 0.25) is 5.91 Å². The van der Waals surface area contributed by atoms with Gasteiger partial charge in [0.15, 0.2) is 0 Å². The maximum Gasteiger partial charge on any atom is 0.252 e. The van der Waals surface area contributed by atoms with Crippen LogP contribution in [-0.4, -0.2) is 17.9 Å². The average Bonchev–Trinajstić information content (AvgIpc) is 2.78. The average molecular weight is 397 g/mol. The van der Waals surface area contributed by atoms with E-state index < -0.39 is 6.04 Å². The van der Waals surface area contributed by atoms with Gasteiger partial charge in [-0.1, -0.05) is 60.7 Å². The molecule has 5 nitrogen and oxygen atoms in total. The van der Waals surface area contributed by atoms with E-state index in [1.807, 2.05) is 55.5 Å². The summed E-state index contributed by atoms with van der Waals surface area (Å²) in [4.78, 5) is 25.7. The Bertz CT molecular complexity index is 1030. The number of carbonyl (C=O) groups is 2. The Morgan fingerprint density at radius 3 is 2.07 bits per heavy atom. The SMILES string of the molecule is CC(Cc1ccc(C#N)cc1)NC(=O)C(NC(=O)c1ccccc1)c1ccccc1. The number of amides is 2. The molecule has 5 heteroatoms. The van der Waals surface area contributed by atoms with E-state index >= 15 is 0 Å². The standard InChI is InChI=1S/C25H23N3O2/c1-18(16-19-12-14-20(17-26)15-13-19)27-25(30)23(21-8-4-2-5-9-21)28-24(29)22-10-6-3-7-11-22/h2-15,18,23H,16H2,1H3,(H,27,30)(H,28,29). The normalized spacial score (nSPS) is 12.3. The summed E-state index contributed by atoms with van der Waals surface area (Å²) in [5, 5.41) is 14.8. The molecule has 3 aromatic carbocycles. The van der Waals surface area contributed by atoms with E-state index in [2.05, 4.69) is 16.7 Å². The van der Waals surface area contributed by atoms with Crippen molar-refractivity contribution in [3.63, 3.8) is 0 Å². The zero-order valence-corrected chi connectivity index (χ0v) is 16.7. The first-order valence-electron chi connectivity index (χ1n) is 9.77. The van der Waals surface area contributed by atoms with Crippen molar-refractivity contribution >= 4 is 11.8 Å². The van der Waals surface area contributed by atoms with Gasteiger partial charge in [-0.3, -0.25) is 9.59 Å². The molecule has 0 spiro atoms. The third kappa shape index (κ3) is 5.55. The predicted molar refractivity (Wildman–Crippen MR) is 116 cm³/mol.